The van der Waals surface area contributed by atoms with Crippen LogP contribution in [0.15, 0.2) is 0 Å². The molecule has 0 heterocycles. The number of hydrogen-bond acceptors (Lipinski definition) is 3. The lowest BCUT2D eigenvalue weighted by molar-refractivity contribution is 0.0799. The van der Waals surface area contributed by atoms with E-state index < -0.39 is 0 Å². The maximum Gasteiger partial charge on any atom is 0.0593 e. The van der Waals surface area contributed by atoms with Gasteiger partial charge in [-0.2, -0.15) is 0 Å². The van der Waals surface area contributed by atoms with Crippen molar-refractivity contribution < 1.29 is 4.74 Å². The van der Waals surface area contributed by atoms with Gasteiger partial charge < -0.3 is 10.5 Å². The van der Waals surface area contributed by atoms with Gasteiger partial charge in [0.25, 0.3) is 0 Å². The summed E-state index contributed by atoms with van der Waals surface area (Å²) >= 11 is 0. The maximum atomic E-state index is 5.68. The molecule has 17 heavy (non-hydrogen) atoms. The molecule has 0 aliphatic carbocycles. The Bertz CT molecular complexity index is 158. The average molecular weight is 244 g/mol. The first kappa shape index (κ1) is 16.9. The number of nitrogens with zero attached hydrogens (tertiary/aromatic N) is 1. The predicted molar refractivity (Wildman–Crippen MR) is 75.3 cm³/mol. The van der Waals surface area contributed by atoms with E-state index in [1.54, 1.807) is 0 Å². The Morgan fingerprint density at radius 2 is 1.71 bits per heavy atom. The van der Waals surface area contributed by atoms with E-state index >= 15 is 0 Å². The molecule has 0 spiro atoms. The zero-order valence-electron chi connectivity index (χ0n) is 12.2. The molecular formula is C14H32N2O. The molecule has 0 aliphatic rings. The molecule has 0 radical (unpaired) electrons. The highest BCUT2D eigenvalue weighted by Gasteiger charge is 2.13. The maximum absolute atomic E-state index is 5.68. The van der Waals surface area contributed by atoms with E-state index in [-0.39, 0.29) is 0 Å². The zero-order chi connectivity index (χ0) is 13.1. The first-order valence-corrected chi connectivity index (χ1v) is 7.17. The standard InChI is InChI=1S/C14H32N2O/c1-5-14(6-2)16(9-8-15)10-12-17-11-7-13(3)4/h13-14H,5-12,15H2,1-4H3. The van der Waals surface area contributed by atoms with Crippen LogP contribution in [0.1, 0.15) is 47.0 Å². The van der Waals surface area contributed by atoms with E-state index in [4.69, 9.17) is 10.5 Å². The summed E-state index contributed by atoms with van der Waals surface area (Å²) in [5, 5.41) is 0. The van der Waals surface area contributed by atoms with E-state index in [0.717, 1.165) is 45.2 Å². The normalized spacial score (nSPS) is 12.0. The summed E-state index contributed by atoms with van der Waals surface area (Å²) in [6, 6.07) is 0.659. The Kier molecular flexibility index (Phi) is 10.9. The van der Waals surface area contributed by atoms with Gasteiger partial charge in [-0.3, -0.25) is 4.90 Å². The minimum absolute atomic E-state index is 0.659. The number of ether oxygens (including phenoxy) is 1. The number of hydrogen-bond donors (Lipinski definition) is 1. The van der Waals surface area contributed by atoms with Crippen molar-refractivity contribution in [3.8, 4) is 0 Å². The molecule has 0 aromatic rings. The van der Waals surface area contributed by atoms with Gasteiger partial charge in [-0.1, -0.05) is 27.7 Å². The molecule has 0 atom stereocenters. The largest absolute Gasteiger partial charge is 0.380 e. The second-order valence-electron chi connectivity index (χ2n) is 5.09. The second-order valence-corrected chi connectivity index (χ2v) is 5.09. The van der Waals surface area contributed by atoms with Crippen molar-refractivity contribution in [2.45, 2.75) is 53.0 Å². The first-order chi connectivity index (χ1) is 8.15. The quantitative estimate of drug-likeness (QED) is 0.568. The average Bonchev–Trinajstić information content (AvgIpc) is 2.29. The lowest BCUT2D eigenvalue weighted by Gasteiger charge is -2.29. The molecule has 0 unspecified atom stereocenters. The predicted octanol–water partition coefficient (Wildman–Crippen LogP) is 2.50. The fourth-order valence-corrected chi connectivity index (χ4v) is 2.05. The summed E-state index contributed by atoms with van der Waals surface area (Å²) in [5.74, 6) is 0.731. The van der Waals surface area contributed by atoms with Gasteiger partial charge in [0, 0.05) is 32.3 Å². The second kappa shape index (κ2) is 11.0. The van der Waals surface area contributed by atoms with Crippen LogP contribution in [0.5, 0.6) is 0 Å². The van der Waals surface area contributed by atoms with E-state index in [1.807, 2.05) is 0 Å². The highest BCUT2D eigenvalue weighted by Crippen LogP contribution is 2.07. The van der Waals surface area contributed by atoms with E-state index in [0.29, 0.717) is 6.04 Å². The van der Waals surface area contributed by atoms with Crippen molar-refractivity contribution in [1.29, 1.82) is 0 Å². The molecule has 0 fully saturated rings. The van der Waals surface area contributed by atoms with Crippen molar-refractivity contribution in [2.75, 3.05) is 32.8 Å². The summed E-state index contributed by atoms with van der Waals surface area (Å²) in [6.07, 6.45) is 3.55. The molecule has 0 bridgehead atoms. The highest BCUT2D eigenvalue weighted by molar-refractivity contribution is 4.69. The summed E-state index contributed by atoms with van der Waals surface area (Å²) in [4.78, 5) is 2.47. The van der Waals surface area contributed by atoms with Crippen LogP contribution in [0.4, 0.5) is 0 Å². The molecule has 0 aromatic heterocycles. The van der Waals surface area contributed by atoms with Gasteiger partial charge in [0.15, 0.2) is 0 Å². The van der Waals surface area contributed by atoms with Crippen LogP contribution in [0.3, 0.4) is 0 Å². The highest BCUT2D eigenvalue weighted by atomic mass is 16.5. The molecule has 104 valence electrons. The van der Waals surface area contributed by atoms with Crippen molar-refractivity contribution in [3.63, 3.8) is 0 Å². The van der Waals surface area contributed by atoms with Crippen molar-refractivity contribution in [3.05, 3.63) is 0 Å². The van der Waals surface area contributed by atoms with Crippen LogP contribution in [-0.4, -0.2) is 43.8 Å². The summed E-state index contributed by atoms with van der Waals surface area (Å²) in [6.45, 7) is 13.4. The Morgan fingerprint density at radius 1 is 1.06 bits per heavy atom. The fourth-order valence-electron chi connectivity index (χ4n) is 2.05. The molecule has 0 aromatic carbocycles. The van der Waals surface area contributed by atoms with Crippen molar-refractivity contribution >= 4 is 0 Å². The lowest BCUT2D eigenvalue weighted by atomic mass is 10.1. The van der Waals surface area contributed by atoms with Gasteiger partial charge in [0.1, 0.15) is 0 Å². The molecule has 0 amide bonds. The molecule has 3 heteroatoms. The molecule has 2 N–H and O–H groups in total. The van der Waals surface area contributed by atoms with Crippen LogP contribution in [0, 0.1) is 5.92 Å². The van der Waals surface area contributed by atoms with Gasteiger partial charge in [-0.15, -0.1) is 0 Å². The van der Waals surface area contributed by atoms with E-state index in [9.17, 15) is 0 Å². The summed E-state index contributed by atoms with van der Waals surface area (Å²) in [7, 11) is 0. The van der Waals surface area contributed by atoms with Crippen LogP contribution in [0.25, 0.3) is 0 Å². The lowest BCUT2D eigenvalue weighted by Crippen LogP contribution is -2.40. The third-order valence-electron chi connectivity index (χ3n) is 3.24. The van der Waals surface area contributed by atoms with Crippen LogP contribution in [0.2, 0.25) is 0 Å². The Hall–Kier alpha value is -0.120. The van der Waals surface area contributed by atoms with Crippen molar-refractivity contribution in [1.82, 2.24) is 4.90 Å². The topological polar surface area (TPSA) is 38.5 Å². The van der Waals surface area contributed by atoms with Gasteiger partial charge >= 0.3 is 0 Å². The smallest absolute Gasteiger partial charge is 0.0593 e. The first-order valence-electron chi connectivity index (χ1n) is 7.17. The van der Waals surface area contributed by atoms with Crippen molar-refractivity contribution in [2.24, 2.45) is 11.7 Å². The summed E-state index contributed by atoms with van der Waals surface area (Å²) in [5.41, 5.74) is 5.66. The minimum atomic E-state index is 0.659. The Labute approximate surface area is 108 Å². The Balaban J connectivity index is 3.76. The van der Waals surface area contributed by atoms with Crippen LogP contribution >= 0.6 is 0 Å². The molecule has 0 saturated carbocycles. The fraction of sp³-hybridized carbons (Fsp3) is 1.00. The molecule has 0 saturated heterocycles. The van der Waals surface area contributed by atoms with E-state index in [1.165, 1.54) is 12.8 Å². The van der Waals surface area contributed by atoms with Gasteiger partial charge in [-0.05, 0) is 25.2 Å². The van der Waals surface area contributed by atoms with Gasteiger partial charge in [0.2, 0.25) is 0 Å². The van der Waals surface area contributed by atoms with E-state index in [2.05, 4.69) is 32.6 Å². The molecule has 0 rings (SSSR count). The molecule has 3 nitrogen and oxygen atoms in total. The molecular weight excluding hydrogens is 212 g/mol. The van der Waals surface area contributed by atoms with Crippen LogP contribution in [-0.2, 0) is 4.74 Å². The SMILES string of the molecule is CCC(CC)N(CCN)CCOCCC(C)C. The van der Waals surface area contributed by atoms with Gasteiger partial charge in [0.05, 0.1) is 6.61 Å². The minimum Gasteiger partial charge on any atom is -0.380 e. The molecule has 0 aliphatic heterocycles. The number of nitrogens with two attached hydrogens (primary N) is 1. The summed E-state index contributed by atoms with van der Waals surface area (Å²) < 4.78 is 5.68. The monoisotopic (exact) mass is 244 g/mol. The third-order valence-corrected chi connectivity index (χ3v) is 3.24. The Morgan fingerprint density at radius 3 is 2.18 bits per heavy atom. The zero-order valence-corrected chi connectivity index (χ0v) is 12.2. The third kappa shape index (κ3) is 8.58. The van der Waals surface area contributed by atoms with Gasteiger partial charge in [-0.25, -0.2) is 0 Å². The van der Waals surface area contributed by atoms with Crippen LogP contribution < -0.4 is 5.73 Å². The number of rotatable bonds is 11.